The second kappa shape index (κ2) is 5.35. The van der Waals surface area contributed by atoms with Gasteiger partial charge in [-0.3, -0.25) is 5.32 Å². The van der Waals surface area contributed by atoms with Crippen LogP contribution in [0.25, 0.3) is 11.0 Å². The minimum absolute atomic E-state index is 0.366. The van der Waals surface area contributed by atoms with Gasteiger partial charge in [-0.05, 0) is 30.3 Å². The van der Waals surface area contributed by atoms with Gasteiger partial charge < -0.3 is 10.3 Å². The van der Waals surface area contributed by atoms with Crippen LogP contribution < -0.4 is 10.6 Å². The lowest BCUT2D eigenvalue weighted by Gasteiger charge is -2.05. The standard InChI is InChI=1S/C15H11N5O/c16-9-10-4-3-5-11(8-10)17-15(21)20-14-18-12-6-1-2-7-13(12)19-14/h1-8H,(H3,17,18,19,20,21). The van der Waals surface area contributed by atoms with Crippen LogP contribution in [0.3, 0.4) is 0 Å². The van der Waals surface area contributed by atoms with E-state index in [1.54, 1.807) is 24.3 Å². The van der Waals surface area contributed by atoms with Gasteiger partial charge in [0.25, 0.3) is 0 Å². The molecule has 3 rings (SSSR count). The molecule has 6 heteroatoms. The Morgan fingerprint density at radius 3 is 2.81 bits per heavy atom. The van der Waals surface area contributed by atoms with E-state index in [2.05, 4.69) is 20.6 Å². The fourth-order valence-corrected chi connectivity index (χ4v) is 1.95. The number of anilines is 2. The second-order valence-corrected chi connectivity index (χ2v) is 4.37. The summed E-state index contributed by atoms with van der Waals surface area (Å²) in [7, 11) is 0. The van der Waals surface area contributed by atoms with Gasteiger partial charge in [0.1, 0.15) is 0 Å². The van der Waals surface area contributed by atoms with Crippen LogP contribution in [0.2, 0.25) is 0 Å². The highest BCUT2D eigenvalue weighted by Crippen LogP contribution is 2.14. The van der Waals surface area contributed by atoms with Crippen LogP contribution in [-0.4, -0.2) is 16.0 Å². The molecule has 0 radical (unpaired) electrons. The van der Waals surface area contributed by atoms with Gasteiger partial charge in [0.15, 0.2) is 0 Å². The van der Waals surface area contributed by atoms with Crippen molar-refractivity contribution in [1.29, 1.82) is 5.26 Å². The Kier molecular flexibility index (Phi) is 3.23. The zero-order chi connectivity index (χ0) is 14.7. The largest absolute Gasteiger partial charge is 0.326 e. The summed E-state index contributed by atoms with van der Waals surface area (Å²) >= 11 is 0. The summed E-state index contributed by atoms with van der Waals surface area (Å²) in [6.45, 7) is 0. The van der Waals surface area contributed by atoms with Crippen LogP contribution in [0, 0.1) is 11.3 Å². The molecule has 0 aliphatic heterocycles. The summed E-state index contributed by atoms with van der Waals surface area (Å²) in [5.41, 5.74) is 2.65. The lowest BCUT2D eigenvalue weighted by Crippen LogP contribution is -2.20. The van der Waals surface area contributed by atoms with E-state index in [0.717, 1.165) is 11.0 Å². The molecule has 0 unspecified atom stereocenters. The van der Waals surface area contributed by atoms with E-state index in [-0.39, 0.29) is 0 Å². The van der Waals surface area contributed by atoms with Crippen molar-refractivity contribution < 1.29 is 4.79 Å². The van der Waals surface area contributed by atoms with Crippen molar-refractivity contribution in [2.45, 2.75) is 0 Å². The van der Waals surface area contributed by atoms with Gasteiger partial charge in [0.2, 0.25) is 5.95 Å². The van der Waals surface area contributed by atoms with Gasteiger partial charge in [0, 0.05) is 5.69 Å². The Hall–Kier alpha value is -3.33. The van der Waals surface area contributed by atoms with Crippen LogP contribution in [0.4, 0.5) is 16.4 Å². The highest BCUT2D eigenvalue weighted by Gasteiger charge is 2.07. The molecule has 0 aliphatic rings. The van der Waals surface area contributed by atoms with E-state index in [0.29, 0.717) is 17.2 Å². The maximum Gasteiger partial charge on any atom is 0.326 e. The molecule has 0 spiro atoms. The third kappa shape index (κ3) is 2.82. The van der Waals surface area contributed by atoms with Crippen LogP contribution in [-0.2, 0) is 0 Å². The number of hydrogen-bond donors (Lipinski definition) is 3. The molecule has 0 saturated heterocycles. The molecular weight excluding hydrogens is 266 g/mol. The Morgan fingerprint density at radius 1 is 1.14 bits per heavy atom. The van der Waals surface area contributed by atoms with Gasteiger partial charge in [-0.1, -0.05) is 18.2 Å². The first-order chi connectivity index (χ1) is 10.2. The number of hydrogen-bond acceptors (Lipinski definition) is 3. The normalized spacial score (nSPS) is 10.0. The summed E-state index contributed by atoms with van der Waals surface area (Å²) in [6.07, 6.45) is 0. The molecule has 6 nitrogen and oxygen atoms in total. The van der Waals surface area contributed by atoms with Crippen molar-refractivity contribution >= 4 is 28.7 Å². The van der Waals surface area contributed by atoms with Crippen LogP contribution >= 0.6 is 0 Å². The SMILES string of the molecule is N#Cc1cccc(NC(=O)Nc2nc3ccccc3[nH]2)c1. The second-order valence-electron chi connectivity index (χ2n) is 4.37. The first-order valence-electron chi connectivity index (χ1n) is 6.27. The van der Waals surface area contributed by atoms with Crippen molar-refractivity contribution in [1.82, 2.24) is 9.97 Å². The van der Waals surface area contributed by atoms with E-state index >= 15 is 0 Å². The molecule has 3 aromatic rings. The smallest absolute Gasteiger partial charge is 0.324 e. The Balaban J connectivity index is 1.72. The number of benzene rings is 2. The number of nitrogens with one attached hydrogen (secondary N) is 3. The lowest BCUT2D eigenvalue weighted by molar-refractivity contribution is 0.262. The average Bonchev–Trinajstić information content (AvgIpc) is 2.89. The van der Waals surface area contributed by atoms with E-state index < -0.39 is 6.03 Å². The molecular formula is C15H11N5O. The molecule has 21 heavy (non-hydrogen) atoms. The third-order valence-electron chi connectivity index (χ3n) is 2.87. The minimum atomic E-state index is -0.427. The van der Waals surface area contributed by atoms with E-state index in [9.17, 15) is 4.79 Å². The molecule has 0 aliphatic carbocycles. The summed E-state index contributed by atoms with van der Waals surface area (Å²) in [5.74, 6) is 0.366. The molecule has 0 atom stereocenters. The number of nitrogens with zero attached hydrogens (tertiary/aromatic N) is 2. The van der Waals surface area contributed by atoms with Gasteiger partial charge in [-0.25, -0.2) is 9.78 Å². The summed E-state index contributed by atoms with van der Waals surface area (Å²) in [4.78, 5) is 19.1. The molecule has 102 valence electrons. The zero-order valence-corrected chi connectivity index (χ0v) is 10.9. The quantitative estimate of drug-likeness (QED) is 0.672. The number of imidazole rings is 1. The van der Waals surface area contributed by atoms with Crippen LogP contribution in [0.5, 0.6) is 0 Å². The van der Waals surface area contributed by atoms with Gasteiger partial charge in [0.05, 0.1) is 22.7 Å². The first kappa shape index (κ1) is 12.7. The van der Waals surface area contributed by atoms with Crippen LogP contribution in [0.15, 0.2) is 48.5 Å². The Bertz CT molecular complexity index is 813. The highest BCUT2D eigenvalue weighted by molar-refractivity contribution is 5.99. The predicted molar refractivity (Wildman–Crippen MR) is 79.9 cm³/mol. The number of H-pyrrole nitrogens is 1. The summed E-state index contributed by atoms with van der Waals surface area (Å²) in [6, 6.07) is 15.8. The van der Waals surface area contributed by atoms with Crippen molar-refractivity contribution in [2.75, 3.05) is 10.6 Å². The fourth-order valence-electron chi connectivity index (χ4n) is 1.95. The fraction of sp³-hybridized carbons (Fsp3) is 0. The van der Waals surface area contributed by atoms with Gasteiger partial charge in [-0.15, -0.1) is 0 Å². The summed E-state index contributed by atoms with van der Waals surface area (Å²) in [5, 5.41) is 14.1. The Labute approximate surface area is 120 Å². The first-order valence-corrected chi connectivity index (χ1v) is 6.27. The highest BCUT2D eigenvalue weighted by atomic mass is 16.2. The molecule has 0 fully saturated rings. The number of amides is 2. The maximum atomic E-state index is 11.9. The van der Waals surface area contributed by atoms with Crippen molar-refractivity contribution in [3.8, 4) is 6.07 Å². The number of aromatic amines is 1. The van der Waals surface area contributed by atoms with Gasteiger partial charge in [-0.2, -0.15) is 5.26 Å². The van der Waals surface area contributed by atoms with Crippen molar-refractivity contribution in [3.05, 3.63) is 54.1 Å². The number of aromatic nitrogens is 2. The zero-order valence-electron chi connectivity index (χ0n) is 10.9. The molecule has 2 amide bonds. The number of rotatable bonds is 2. The van der Waals surface area contributed by atoms with Gasteiger partial charge >= 0.3 is 6.03 Å². The maximum absolute atomic E-state index is 11.9. The Morgan fingerprint density at radius 2 is 2.00 bits per heavy atom. The van der Waals surface area contributed by atoms with E-state index in [1.165, 1.54) is 0 Å². The molecule has 0 bridgehead atoms. The monoisotopic (exact) mass is 277 g/mol. The lowest BCUT2D eigenvalue weighted by atomic mass is 10.2. The number of carbonyl (C=O) groups excluding carboxylic acids is 1. The van der Waals surface area contributed by atoms with E-state index in [1.807, 2.05) is 30.3 Å². The number of nitriles is 1. The number of carbonyl (C=O) groups is 1. The minimum Gasteiger partial charge on any atom is -0.324 e. The molecule has 1 heterocycles. The average molecular weight is 277 g/mol. The molecule has 1 aromatic heterocycles. The third-order valence-corrected chi connectivity index (χ3v) is 2.87. The molecule has 0 saturated carbocycles. The van der Waals surface area contributed by atoms with E-state index in [4.69, 9.17) is 5.26 Å². The number of urea groups is 1. The van der Waals surface area contributed by atoms with Crippen LogP contribution in [0.1, 0.15) is 5.56 Å². The summed E-state index contributed by atoms with van der Waals surface area (Å²) < 4.78 is 0. The molecule has 2 aromatic carbocycles. The van der Waals surface area contributed by atoms with Crippen molar-refractivity contribution in [3.63, 3.8) is 0 Å². The van der Waals surface area contributed by atoms with Crippen molar-refractivity contribution in [2.24, 2.45) is 0 Å². The predicted octanol–water partition coefficient (Wildman–Crippen LogP) is 3.08. The number of fused-ring (bicyclic) bond motifs is 1. The number of para-hydroxylation sites is 2. The topological polar surface area (TPSA) is 93.6 Å². The molecule has 3 N–H and O–H groups in total.